The minimum absolute atomic E-state index is 0.0586. The third-order valence-corrected chi connectivity index (χ3v) is 3.49. The molecule has 2 N–H and O–H groups in total. The monoisotopic (exact) mass is 211 g/mol. The van der Waals surface area contributed by atoms with E-state index < -0.39 is 0 Å². The molecule has 2 rings (SSSR count). The summed E-state index contributed by atoms with van der Waals surface area (Å²) in [5.74, 6) is 0.230. The van der Waals surface area contributed by atoms with Gasteiger partial charge in [-0.1, -0.05) is 0 Å². The summed E-state index contributed by atoms with van der Waals surface area (Å²) in [4.78, 5) is 16.0. The molecule has 2 saturated heterocycles. The Kier molecular flexibility index (Phi) is 3.26. The van der Waals surface area contributed by atoms with Crippen molar-refractivity contribution in [2.24, 2.45) is 5.73 Å². The van der Waals surface area contributed by atoms with E-state index in [1.54, 1.807) is 0 Å². The van der Waals surface area contributed by atoms with E-state index in [-0.39, 0.29) is 11.9 Å². The van der Waals surface area contributed by atoms with Gasteiger partial charge in [0.25, 0.3) is 0 Å². The molecule has 86 valence electrons. The second-order valence-electron chi connectivity index (χ2n) is 4.86. The minimum Gasteiger partial charge on any atom is -0.340 e. The lowest BCUT2D eigenvalue weighted by Crippen LogP contribution is -2.42. The quantitative estimate of drug-likeness (QED) is 0.716. The van der Waals surface area contributed by atoms with Gasteiger partial charge in [0.1, 0.15) is 0 Å². The van der Waals surface area contributed by atoms with E-state index in [0.717, 1.165) is 13.1 Å². The largest absolute Gasteiger partial charge is 0.340 e. The number of carbonyl (C=O) groups excluding carboxylic acids is 1. The zero-order chi connectivity index (χ0) is 10.8. The molecule has 4 nitrogen and oxygen atoms in total. The molecule has 0 aliphatic carbocycles. The number of amides is 1. The summed E-state index contributed by atoms with van der Waals surface area (Å²) in [7, 11) is 0. The van der Waals surface area contributed by atoms with Gasteiger partial charge in [0.05, 0.1) is 0 Å². The van der Waals surface area contributed by atoms with Crippen LogP contribution in [0.1, 0.15) is 26.2 Å². The molecule has 0 aromatic rings. The molecule has 1 amide bonds. The van der Waals surface area contributed by atoms with Gasteiger partial charge in [0.2, 0.25) is 5.91 Å². The molecular formula is C11H21N3O. The van der Waals surface area contributed by atoms with Crippen molar-refractivity contribution in [2.75, 3.05) is 26.2 Å². The maximum Gasteiger partial charge on any atom is 0.224 e. The molecule has 2 aliphatic heterocycles. The van der Waals surface area contributed by atoms with Crippen LogP contribution in [0.4, 0.5) is 0 Å². The van der Waals surface area contributed by atoms with Gasteiger partial charge in [-0.15, -0.1) is 0 Å². The molecule has 2 heterocycles. The lowest BCUT2D eigenvalue weighted by atomic mass is 10.3. The Morgan fingerprint density at radius 2 is 2.13 bits per heavy atom. The molecular weight excluding hydrogens is 190 g/mol. The predicted octanol–water partition coefficient (Wildman–Crippen LogP) is 0.0303. The summed E-state index contributed by atoms with van der Waals surface area (Å²) in [6, 6.07) is 0.546. The molecule has 0 radical (unpaired) electrons. The maximum atomic E-state index is 11.6. The Hall–Kier alpha value is -0.610. The Morgan fingerprint density at radius 3 is 2.67 bits per heavy atom. The van der Waals surface area contributed by atoms with Crippen LogP contribution < -0.4 is 5.73 Å². The van der Waals surface area contributed by atoms with E-state index in [2.05, 4.69) is 11.8 Å². The number of likely N-dealkylation sites (tertiary alicyclic amines) is 2. The minimum atomic E-state index is 0.0586. The van der Waals surface area contributed by atoms with Gasteiger partial charge in [-0.2, -0.15) is 0 Å². The first-order chi connectivity index (χ1) is 7.16. The highest BCUT2D eigenvalue weighted by Crippen LogP contribution is 2.15. The topological polar surface area (TPSA) is 49.6 Å². The summed E-state index contributed by atoms with van der Waals surface area (Å²) >= 11 is 0. The number of hydrogen-bond acceptors (Lipinski definition) is 3. The third kappa shape index (κ3) is 2.49. The average molecular weight is 211 g/mol. The van der Waals surface area contributed by atoms with E-state index in [1.807, 2.05) is 4.90 Å². The van der Waals surface area contributed by atoms with Crippen molar-refractivity contribution in [1.29, 1.82) is 0 Å². The number of nitrogens with zero attached hydrogens (tertiary/aromatic N) is 2. The van der Waals surface area contributed by atoms with Crippen molar-refractivity contribution >= 4 is 5.91 Å². The fourth-order valence-electron chi connectivity index (χ4n) is 2.60. The smallest absolute Gasteiger partial charge is 0.224 e. The van der Waals surface area contributed by atoms with Gasteiger partial charge in [-0.25, -0.2) is 0 Å². The first-order valence-corrected chi connectivity index (χ1v) is 5.94. The number of carbonyl (C=O) groups is 1. The van der Waals surface area contributed by atoms with E-state index in [9.17, 15) is 4.79 Å². The lowest BCUT2D eigenvalue weighted by Gasteiger charge is -2.28. The van der Waals surface area contributed by atoms with Crippen LogP contribution in [0.25, 0.3) is 0 Å². The highest BCUT2D eigenvalue weighted by molar-refractivity contribution is 5.79. The van der Waals surface area contributed by atoms with Crippen LogP contribution >= 0.6 is 0 Å². The summed E-state index contributed by atoms with van der Waals surface area (Å²) in [6.07, 6.45) is 3.14. The van der Waals surface area contributed by atoms with Crippen molar-refractivity contribution in [3.05, 3.63) is 0 Å². The summed E-state index contributed by atoms with van der Waals surface area (Å²) < 4.78 is 0. The van der Waals surface area contributed by atoms with Gasteiger partial charge in [0, 0.05) is 31.6 Å². The number of rotatable bonds is 3. The molecule has 0 saturated carbocycles. The second-order valence-corrected chi connectivity index (χ2v) is 4.86. The van der Waals surface area contributed by atoms with Gasteiger partial charge in [0.15, 0.2) is 0 Å². The van der Waals surface area contributed by atoms with Crippen molar-refractivity contribution in [2.45, 2.75) is 38.3 Å². The Balaban J connectivity index is 1.83. The van der Waals surface area contributed by atoms with Crippen LogP contribution in [0, 0.1) is 0 Å². The van der Waals surface area contributed by atoms with Crippen LogP contribution in [0.5, 0.6) is 0 Å². The maximum absolute atomic E-state index is 11.6. The lowest BCUT2D eigenvalue weighted by molar-refractivity contribution is -0.128. The average Bonchev–Trinajstić information content (AvgIpc) is 2.76. The van der Waals surface area contributed by atoms with E-state index in [0.29, 0.717) is 12.5 Å². The molecule has 4 heteroatoms. The zero-order valence-electron chi connectivity index (χ0n) is 9.48. The predicted molar refractivity (Wildman–Crippen MR) is 59.4 cm³/mol. The zero-order valence-corrected chi connectivity index (χ0v) is 9.48. The van der Waals surface area contributed by atoms with Crippen LogP contribution in [0.15, 0.2) is 0 Å². The molecule has 0 aromatic heterocycles. The molecule has 2 fully saturated rings. The molecule has 2 atom stereocenters. The highest BCUT2D eigenvalue weighted by atomic mass is 16.2. The Morgan fingerprint density at radius 1 is 1.47 bits per heavy atom. The first kappa shape index (κ1) is 10.9. The number of hydrogen-bond donors (Lipinski definition) is 1. The van der Waals surface area contributed by atoms with E-state index in [4.69, 9.17) is 5.73 Å². The van der Waals surface area contributed by atoms with Crippen molar-refractivity contribution < 1.29 is 4.79 Å². The van der Waals surface area contributed by atoms with Gasteiger partial charge < -0.3 is 10.6 Å². The van der Waals surface area contributed by atoms with Crippen LogP contribution in [0.3, 0.4) is 0 Å². The van der Waals surface area contributed by atoms with Crippen LogP contribution in [-0.4, -0.2) is 54.0 Å². The second kappa shape index (κ2) is 4.49. The SMILES string of the molecule is CC(CN1CC(N)CC1=O)N1CCCC1. The van der Waals surface area contributed by atoms with Crippen molar-refractivity contribution in [3.63, 3.8) is 0 Å². The molecule has 0 spiro atoms. The summed E-state index contributed by atoms with van der Waals surface area (Å²) in [5.41, 5.74) is 5.77. The molecule has 2 unspecified atom stereocenters. The summed E-state index contributed by atoms with van der Waals surface area (Å²) in [6.45, 7) is 6.19. The van der Waals surface area contributed by atoms with Crippen molar-refractivity contribution in [3.8, 4) is 0 Å². The van der Waals surface area contributed by atoms with Crippen LogP contribution in [-0.2, 0) is 4.79 Å². The highest BCUT2D eigenvalue weighted by Gasteiger charge is 2.29. The number of nitrogens with two attached hydrogens (primary N) is 1. The fraction of sp³-hybridized carbons (Fsp3) is 0.909. The summed E-state index contributed by atoms with van der Waals surface area (Å²) in [5, 5.41) is 0. The third-order valence-electron chi connectivity index (χ3n) is 3.49. The standard InChI is InChI=1S/C11H21N3O/c1-9(13-4-2-3-5-13)7-14-8-10(12)6-11(14)15/h9-10H,2-8,12H2,1H3. The van der Waals surface area contributed by atoms with E-state index in [1.165, 1.54) is 25.9 Å². The fourth-order valence-corrected chi connectivity index (χ4v) is 2.60. The Bertz CT molecular complexity index is 238. The van der Waals surface area contributed by atoms with Gasteiger partial charge >= 0.3 is 0 Å². The van der Waals surface area contributed by atoms with Crippen molar-refractivity contribution in [1.82, 2.24) is 9.80 Å². The molecule has 15 heavy (non-hydrogen) atoms. The molecule has 0 aromatic carbocycles. The van der Waals surface area contributed by atoms with E-state index >= 15 is 0 Å². The van der Waals surface area contributed by atoms with Gasteiger partial charge in [-0.05, 0) is 32.9 Å². The molecule has 2 aliphatic rings. The Labute approximate surface area is 91.4 Å². The normalized spacial score (nSPS) is 30.1. The van der Waals surface area contributed by atoms with Crippen LogP contribution in [0.2, 0.25) is 0 Å². The molecule has 0 bridgehead atoms. The van der Waals surface area contributed by atoms with Gasteiger partial charge in [-0.3, -0.25) is 9.69 Å². The first-order valence-electron chi connectivity index (χ1n) is 5.94.